The summed E-state index contributed by atoms with van der Waals surface area (Å²) in [6.45, 7) is 4.57. The highest BCUT2D eigenvalue weighted by atomic mass is 79.9. The summed E-state index contributed by atoms with van der Waals surface area (Å²) in [6.07, 6.45) is 0.432. The first kappa shape index (κ1) is 12.7. The van der Waals surface area contributed by atoms with Crippen LogP contribution in [0.25, 0.3) is 0 Å². The second-order valence-electron chi connectivity index (χ2n) is 3.80. The Hall–Kier alpha value is -0.380. The summed E-state index contributed by atoms with van der Waals surface area (Å²) < 4.78 is 1.03. The Kier molecular flexibility index (Phi) is 4.77. The van der Waals surface area contributed by atoms with Crippen molar-refractivity contribution in [2.24, 2.45) is 11.7 Å². The van der Waals surface area contributed by atoms with Gasteiger partial charge in [-0.3, -0.25) is 0 Å². The van der Waals surface area contributed by atoms with Gasteiger partial charge in [0.15, 0.2) is 0 Å². The first-order chi connectivity index (χ1) is 7.11. The molecule has 0 heterocycles. The fourth-order valence-corrected chi connectivity index (χ4v) is 2.10. The van der Waals surface area contributed by atoms with Gasteiger partial charge in [-0.15, -0.1) is 0 Å². The molecule has 0 aliphatic heterocycles. The third-order valence-corrected chi connectivity index (χ3v) is 3.76. The number of benzene rings is 1. The predicted octanol–water partition coefficient (Wildman–Crippen LogP) is 2.78. The van der Waals surface area contributed by atoms with Gasteiger partial charge in [0.2, 0.25) is 0 Å². The van der Waals surface area contributed by atoms with Crippen LogP contribution >= 0.6 is 15.9 Å². The molecule has 2 nitrogen and oxygen atoms in total. The average molecular weight is 272 g/mol. The molecule has 0 aromatic heterocycles. The molecule has 0 radical (unpaired) electrons. The van der Waals surface area contributed by atoms with E-state index in [0.717, 1.165) is 22.0 Å². The molecule has 0 amide bonds. The van der Waals surface area contributed by atoms with E-state index in [9.17, 15) is 5.11 Å². The Morgan fingerprint density at radius 3 is 2.67 bits per heavy atom. The Labute approximate surface area is 99.6 Å². The van der Waals surface area contributed by atoms with Crippen LogP contribution in [0.3, 0.4) is 0 Å². The summed E-state index contributed by atoms with van der Waals surface area (Å²) in [5, 5.41) is 10.2. The van der Waals surface area contributed by atoms with Crippen LogP contribution in [0.4, 0.5) is 0 Å². The maximum absolute atomic E-state index is 10.2. The zero-order valence-electron chi connectivity index (χ0n) is 9.20. The van der Waals surface area contributed by atoms with E-state index in [0.29, 0.717) is 6.54 Å². The highest BCUT2D eigenvalue weighted by molar-refractivity contribution is 9.10. The van der Waals surface area contributed by atoms with E-state index in [1.165, 1.54) is 0 Å². The molecule has 84 valence electrons. The quantitative estimate of drug-likeness (QED) is 0.885. The van der Waals surface area contributed by atoms with Crippen LogP contribution in [-0.2, 0) is 0 Å². The zero-order valence-corrected chi connectivity index (χ0v) is 10.8. The van der Waals surface area contributed by atoms with Crippen LogP contribution in [0, 0.1) is 12.8 Å². The molecule has 3 heteroatoms. The molecule has 1 aromatic rings. The van der Waals surface area contributed by atoms with E-state index in [4.69, 9.17) is 5.73 Å². The molecule has 0 saturated heterocycles. The minimum absolute atomic E-state index is 0.137. The van der Waals surface area contributed by atoms with Gasteiger partial charge in [-0.1, -0.05) is 35.0 Å². The molecule has 0 aliphatic carbocycles. The number of hydrogen-bond acceptors (Lipinski definition) is 2. The summed E-state index contributed by atoms with van der Waals surface area (Å²) in [7, 11) is 0. The van der Waals surface area contributed by atoms with Crippen LogP contribution in [-0.4, -0.2) is 11.7 Å². The second kappa shape index (κ2) is 5.64. The van der Waals surface area contributed by atoms with Crippen molar-refractivity contribution in [2.75, 3.05) is 6.54 Å². The number of aliphatic hydroxyl groups is 1. The molecule has 0 bridgehead atoms. The number of aliphatic hydroxyl groups excluding tert-OH is 1. The number of nitrogens with two attached hydrogens (primary N) is 1. The van der Waals surface area contributed by atoms with Gasteiger partial charge in [0.05, 0.1) is 6.10 Å². The summed E-state index contributed by atoms with van der Waals surface area (Å²) >= 11 is 3.46. The van der Waals surface area contributed by atoms with Crippen molar-refractivity contribution in [2.45, 2.75) is 26.4 Å². The molecule has 2 atom stereocenters. The lowest BCUT2D eigenvalue weighted by atomic mass is 9.91. The molecule has 1 rings (SSSR count). The number of halogens is 1. The van der Waals surface area contributed by atoms with Crippen molar-refractivity contribution in [3.05, 3.63) is 33.8 Å². The molecule has 0 saturated carbocycles. The molecular weight excluding hydrogens is 254 g/mol. The fraction of sp³-hybridized carbons (Fsp3) is 0.500. The minimum atomic E-state index is -0.461. The third-order valence-electron chi connectivity index (χ3n) is 2.90. The van der Waals surface area contributed by atoms with Crippen LogP contribution in [0.1, 0.15) is 30.6 Å². The first-order valence-electron chi connectivity index (χ1n) is 5.25. The molecule has 1 aromatic carbocycles. The number of hydrogen-bond donors (Lipinski definition) is 2. The van der Waals surface area contributed by atoms with E-state index in [-0.39, 0.29) is 5.92 Å². The predicted molar refractivity (Wildman–Crippen MR) is 66.7 cm³/mol. The topological polar surface area (TPSA) is 46.2 Å². The van der Waals surface area contributed by atoms with E-state index in [1.807, 2.05) is 32.0 Å². The Morgan fingerprint density at radius 2 is 2.13 bits per heavy atom. The van der Waals surface area contributed by atoms with Crippen molar-refractivity contribution >= 4 is 15.9 Å². The van der Waals surface area contributed by atoms with Crippen molar-refractivity contribution < 1.29 is 5.11 Å². The SMILES string of the molecule is CCC(CN)C(O)c1cccc(Br)c1C. The number of rotatable bonds is 4. The van der Waals surface area contributed by atoms with Gasteiger partial charge >= 0.3 is 0 Å². The lowest BCUT2D eigenvalue weighted by Crippen LogP contribution is -2.21. The molecular formula is C12H18BrNO. The van der Waals surface area contributed by atoms with Gasteiger partial charge in [0.1, 0.15) is 0 Å². The largest absolute Gasteiger partial charge is 0.388 e. The third kappa shape index (κ3) is 2.80. The van der Waals surface area contributed by atoms with Crippen molar-refractivity contribution in [1.82, 2.24) is 0 Å². The summed E-state index contributed by atoms with van der Waals surface area (Å²) in [4.78, 5) is 0. The zero-order chi connectivity index (χ0) is 11.4. The van der Waals surface area contributed by atoms with E-state index in [2.05, 4.69) is 15.9 Å². The average Bonchev–Trinajstić information content (AvgIpc) is 2.23. The fourth-order valence-electron chi connectivity index (χ4n) is 1.72. The van der Waals surface area contributed by atoms with Crippen LogP contribution in [0.5, 0.6) is 0 Å². The summed E-state index contributed by atoms with van der Waals surface area (Å²) in [6, 6.07) is 5.89. The lowest BCUT2D eigenvalue weighted by Gasteiger charge is -2.22. The van der Waals surface area contributed by atoms with E-state index in [1.54, 1.807) is 0 Å². The van der Waals surface area contributed by atoms with Crippen LogP contribution in [0.15, 0.2) is 22.7 Å². The monoisotopic (exact) mass is 271 g/mol. The van der Waals surface area contributed by atoms with Crippen LogP contribution < -0.4 is 5.73 Å². The van der Waals surface area contributed by atoms with Gasteiger partial charge in [-0.2, -0.15) is 0 Å². The van der Waals surface area contributed by atoms with Crippen molar-refractivity contribution in [1.29, 1.82) is 0 Å². The summed E-state index contributed by atoms with van der Waals surface area (Å²) in [5.41, 5.74) is 7.71. The highest BCUT2D eigenvalue weighted by Gasteiger charge is 2.19. The highest BCUT2D eigenvalue weighted by Crippen LogP contribution is 2.29. The van der Waals surface area contributed by atoms with Gasteiger partial charge < -0.3 is 10.8 Å². The Balaban J connectivity index is 2.99. The normalized spacial score (nSPS) is 15.0. The van der Waals surface area contributed by atoms with Gasteiger partial charge in [0, 0.05) is 10.4 Å². The molecule has 0 aliphatic rings. The van der Waals surface area contributed by atoms with Gasteiger partial charge in [-0.05, 0) is 37.1 Å². The summed E-state index contributed by atoms with van der Waals surface area (Å²) in [5.74, 6) is 0.137. The first-order valence-corrected chi connectivity index (χ1v) is 6.04. The molecule has 2 unspecified atom stereocenters. The Morgan fingerprint density at radius 1 is 1.47 bits per heavy atom. The standard InChI is InChI=1S/C12H18BrNO/c1-3-9(7-14)12(15)10-5-4-6-11(13)8(10)2/h4-6,9,12,15H,3,7,14H2,1-2H3. The minimum Gasteiger partial charge on any atom is -0.388 e. The smallest absolute Gasteiger partial charge is 0.0833 e. The van der Waals surface area contributed by atoms with E-state index >= 15 is 0 Å². The van der Waals surface area contributed by atoms with Crippen LogP contribution in [0.2, 0.25) is 0 Å². The van der Waals surface area contributed by atoms with E-state index < -0.39 is 6.10 Å². The molecule has 3 N–H and O–H groups in total. The molecule has 0 fully saturated rings. The Bertz CT molecular complexity index is 323. The lowest BCUT2D eigenvalue weighted by molar-refractivity contribution is 0.109. The maximum atomic E-state index is 10.2. The molecule has 0 spiro atoms. The second-order valence-corrected chi connectivity index (χ2v) is 4.66. The van der Waals surface area contributed by atoms with Gasteiger partial charge in [-0.25, -0.2) is 0 Å². The van der Waals surface area contributed by atoms with Gasteiger partial charge in [0.25, 0.3) is 0 Å². The van der Waals surface area contributed by atoms with Crippen molar-refractivity contribution in [3.8, 4) is 0 Å². The molecule has 15 heavy (non-hydrogen) atoms. The maximum Gasteiger partial charge on any atom is 0.0833 e. The van der Waals surface area contributed by atoms with Crippen molar-refractivity contribution in [3.63, 3.8) is 0 Å².